The molecule has 4 rings (SSSR count). The number of hydrogen-bond donors (Lipinski definition) is 0. The Morgan fingerprint density at radius 1 is 1.04 bits per heavy atom. The van der Waals surface area contributed by atoms with E-state index >= 15 is 0 Å². The molecule has 0 amide bonds. The Bertz CT molecular complexity index is 482. The molecule has 4 aliphatic carbocycles. The molecule has 7 atom stereocenters. The van der Waals surface area contributed by atoms with Gasteiger partial charge in [0.05, 0.1) is 5.41 Å². The van der Waals surface area contributed by atoms with E-state index in [1.807, 2.05) is 13.8 Å². The van der Waals surface area contributed by atoms with Gasteiger partial charge < -0.3 is 4.74 Å². The van der Waals surface area contributed by atoms with E-state index in [9.17, 15) is 4.79 Å². The standard InChI is InChI=1S/C20H32O2.2CH4/c1-5-19(3,4)18(21)22-20(6-2)11-14-10-15(20)17-13-8-7-12(9-13)16(14)17;;/h12-17H,5-11H2,1-4H3;2*1H4. The van der Waals surface area contributed by atoms with E-state index in [0.29, 0.717) is 5.92 Å². The zero-order chi connectivity index (χ0) is 15.7. The van der Waals surface area contributed by atoms with E-state index in [0.717, 1.165) is 48.9 Å². The molecule has 2 nitrogen and oxygen atoms in total. The summed E-state index contributed by atoms with van der Waals surface area (Å²) in [6.07, 6.45) is 8.79. The summed E-state index contributed by atoms with van der Waals surface area (Å²) in [5.74, 6) is 5.40. The normalized spacial score (nSPS) is 44.7. The smallest absolute Gasteiger partial charge is 0.312 e. The van der Waals surface area contributed by atoms with Crippen molar-refractivity contribution < 1.29 is 9.53 Å². The van der Waals surface area contributed by atoms with Gasteiger partial charge in [0.1, 0.15) is 5.60 Å². The number of rotatable bonds is 4. The van der Waals surface area contributed by atoms with Gasteiger partial charge in [-0.3, -0.25) is 4.79 Å². The lowest BCUT2D eigenvalue weighted by Gasteiger charge is -2.46. The summed E-state index contributed by atoms with van der Waals surface area (Å²) in [6, 6.07) is 0. The highest BCUT2D eigenvalue weighted by Gasteiger charge is 2.67. The molecule has 0 aliphatic heterocycles. The minimum absolute atomic E-state index is 0. The number of ether oxygens (including phenoxy) is 1. The average molecular weight is 337 g/mol. The first kappa shape index (κ1) is 19.8. The Hall–Kier alpha value is -0.530. The van der Waals surface area contributed by atoms with Crippen LogP contribution in [0.2, 0.25) is 0 Å². The number of carbonyl (C=O) groups is 1. The van der Waals surface area contributed by atoms with E-state index in [2.05, 4.69) is 13.8 Å². The molecule has 4 fully saturated rings. The first-order valence-electron chi connectivity index (χ1n) is 9.65. The van der Waals surface area contributed by atoms with Crippen LogP contribution in [-0.2, 0) is 9.53 Å². The van der Waals surface area contributed by atoms with Crippen molar-refractivity contribution in [1.82, 2.24) is 0 Å². The van der Waals surface area contributed by atoms with Gasteiger partial charge >= 0.3 is 5.97 Å². The largest absolute Gasteiger partial charge is 0.458 e. The molecule has 140 valence electrons. The molecular formula is C22H40O2. The van der Waals surface area contributed by atoms with E-state index < -0.39 is 0 Å². The summed E-state index contributed by atoms with van der Waals surface area (Å²) in [5, 5.41) is 0. The van der Waals surface area contributed by atoms with Gasteiger partial charge in [-0.2, -0.15) is 0 Å². The summed E-state index contributed by atoms with van der Waals surface area (Å²) < 4.78 is 6.31. The van der Waals surface area contributed by atoms with Crippen molar-refractivity contribution in [3.8, 4) is 0 Å². The molecule has 4 aliphatic rings. The molecule has 0 aromatic rings. The SMILES string of the molecule is C.C.CCC(C)(C)C(=O)OC1(CC)CC2CC1C1C3CCC(C3)C21. The van der Waals surface area contributed by atoms with Crippen LogP contribution < -0.4 is 0 Å². The lowest BCUT2D eigenvalue weighted by atomic mass is 9.65. The quantitative estimate of drug-likeness (QED) is 0.459. The first-order valence-corrected chi connectivity index (χ1v) is 9.65. The van der Waals surface area contributed by atoms with Crippen LogP contribution in [0.3, 0.4) is 0 Å². The van der Waals surface area contributed by atoms with E-state index in [4.69, 9.17) is 4.74 Å². The molecule has 4 saturated carbocycles. The topological polar surface area (TPSA) is 26.3 Å². The molecular weight excluding hydrogens is 296 g/mol. The molecule has 0 spiro atoms. The average Bonchev–Trinajstić information content (AvgIpc) is 3.24. The van der Waals surface area contributed by atoms with Crippen LogP contribution >= 0.6 is 0 Å². The summed E-state index contributed by atoms with van der Waals surface area (Å²) >= 11 is 0. The highest BCUT2D eigenvalue weighted by Crippen LogP contribution is 2.70. The van der Waals surface area contributed by atoms with Gasteiger partial charge in [0.25, 0.3) is 0 Å². The maximum absolute atomic E-state index is 12.7. The highest BCUT2D eigenvalue weighted by atomic mass is 16.6. The third kappa shape index (κ3) is 2.46. The molecule has 24 heavy (non-hydrogen) atoms. The van der Waals surface area contributed by atoms with E-state index in [1.54, 1.807) is 0 Å². The van der Waals surface area contributed by atoms with Crippen molar-refractivity contribution in [2.75, 3.05) is 0 Å². The number of hydrogen-bond acceptors (Lipinski definition) is 2. The van der Waals surface area contributed by atoms with Gasteiger partial charge in [-0.25, -0.2) is 0 Å². The molecule has 0 aromatic carbocycles. The lowest BCUT2D eigenvalue weighted by molar-refractivity contribution is -0.183. The molecule has 4 bridgehead atoms. The summed E-state index contributed by atoms with van der Waals surface area (Å²) in [6.45, 7) is 8.40. The van der Waals surface area contributed by atoms with Crippen LogP contribution in [0.15, 0.2) is 0 Å². The van der Waals surface area contributed by atoms with Crippen LogP contribution in [0.4, 0.5) is 0 Å². The second-order valence-corrected chi connectivity index (χ2v) is 9.34. The summed E-state index contributed by atoms with van der Waals surface area (Å²) in [5.41, 5.74) is -0.460. The molecule has 0 heterocycles. The van der Waals surface area contributed by atoms with Gasteiger partial charge in [-0.1, -0.05) is 28.7 Å². The molecule has 0 radical (unpaired) electrons. The van der Waals surface area contributed by atoms with Crippen molar-refractivity contribution in [2.24, 2.45) is 40.9 Å². The molecule has 0 N–H and O–H groups in total. The molecule has 0 aromatic heterocycles. The second-order valence-electron chi connectivity index (χ2n) is 9.34. The monoisotopic (exact) mass is 336 g/mol. The van der Waals surface area contributed by atoms with Crippen molar-refractivity contribution in [3.05, 3.63) is 0 Å². The number of carbonyl (C=O) groups excluding carboxylic acids is 1. The zero-order valence-corrected chi connectivity index (χ0v) is 14.7. The van der Waals surface area contributed by atoms with Gasteiger partial charge in [-0.15, -0.1) is 0 Å². The zero-order valence-electron chi connectivity index (χ0n) is 14.7. The molecule has 7 unspecified atom stereocenters. The van der Waals surface area contributed by atoms with Crippen LogP contribution in [0, 0.1) is 40.9 Å². The third-order valence-electron chi connectivity index (χ3n) is 8.23. The van der Waals surface area contributed by atoms with Crippen molar-refractivity contribution in [1.29, 1.82) is 0 Å². The predicted octanol–water partition coefficient (Wildman–Crippen LogP) is 6.09. The van der Waals surface area contributed by atoms with Gasteiger partial charge in [0, 0.05) is 5.92 Å². The second kappa shape index (κ2) is 6.32. The van der Waals surface area contributed by atoms with Gasteiger partial charge in [0.2, 0.25) is 0 Å². The van der Waals surface area contributed by atoms with Gasteiger partial charge in [0.15, 0.2) is 0 Å². The Kier molecular flexibility index (Phi) is 5.21. The summed E-state index contributed by atoms with van der Waals surface area (Å²) in [7, 11) is 0. The fourth-order valence-electron chi connectivity index (χ4n) is 6.76. The van der Waals surface area contributed by atoms with Gasteiger partial charge in [-0.05, 0) is 88.4 Å². The van der Waals surface area contributed by atoms with E-state index in [-0.39, 0.29) is 31.8 Å². The minimum atomic E-state index is -0.335. The Balaban J connectivity index is 0.00000104. The van der Waals surface area contributed by atoms with Crippen LogP contribution in [0.1, 0.15) is 87.5 Å². The summed E-state index contributed by atoms with van der Waals surface area (Å²) in [4.78, 5) is 12.7. The van der Waals surface area contributed by atoms with Crippen molar-refractivity contribution in [3.63, 3.8) is 0 Å². The third-order valence-corrected chi connectivity index (χ3v) is 8.23. The van der Waals surface area contributed by atoms with Crippen molar-refractivity contribution in [2.45, 2.75) is 93.1 Å². The highest BCUT2D eigenvalue weighted by molar-refractivity contribution is 5.76. The minimum Gasteiger partial charge on any atom is -0.458 e. The first-order chi connectivity index (χ1) is 10.4. The molecule has 0 saturated heterocycles. The van der Waals surface area contributed by atoms with Crippen LogP contribution in [0.25, 0.3) is 0 Å². The molecule has 2 heteroatoms. The number of esters is 1. The lowest BCUT2D eigenvalue weighted by Crippen LogP contribution is -2.49. The number of fused-ring (bicyclic) bond motifs is 9. The van der Waals surface area contributed by atoms with Crippen LogP contribution in [-0.4, -0.2) is 11.6 Å². The fraction of sp³-hybridized carbons (Fsp3) is 0.955. The van der Waals surface area contributed by atoms with Crippen LogP contribution in [0.5, 0.6) is 0 Å². The maximum Gasteiger partial charge on any atom is 0.312 e. The Labute approximate surface area is 150 Å². The predicted molar refractivity (Wildman–Crippen MR) is 101 cm³/mol. The Morgan fingerprint density at radius 3 is 2.25 bits per heavy atom. The Morgan fingerprint density at radius 2 is 1.67 bits per heavy atom. The van der Waals surface area contributed by atoms with Crippen molar-refractivity contribution >= 4 is 5.97 Å². The maximum atomic E-state index is 12.7. The fourth-order valence-corrected chi connectivity index (χ4v) is 6.76. The van der Waals surface area contributed by atoms with E-state index in [1.165, 1.54) is 25.7 Å².